The predicted octanol–water partition coefficient (Wildman–Crippen LogP) is 3.72. The van der Waals surface area contributed by atoms with Crippen LogP contribution < -0.4 is 4.72 Å². The van der Waals surface area contributed by atoms with Crippen molar-refractivity contribution in [2.45, 2.75) is 32.6 Å². The van der Waals surface area contributed by atoms with Crippen LogP contribution in [0, 0.1) is 27.7 Å². The lowest BCUT2D eigenvalue weighted by atomic mass is 10.1. The second-order valence-corrected chi connectivity index (χ2v) is 6.84. The summed E-state index contributed by atoms with van der Waals surface area (Å²) in [6, 6.07) is 11.1. The molecular weight excluding hydrogens is 270 g/mol. The van der Waals surface area contributed by atoms with E-state index in [1.807, 2.05) is 45.0 Å². The molecule has 0 saturated carbocycles. The summed E-state index contributed by atoms with van der Waals surface area (Å²) in [6.45, 7) is 7.57. The van der Waals surface area contributed by atoms with Gasteiger partial charge in [0.1, 0.15) is 0 Å². The molecule has 0 saturated heterocycles. The second kappa shape index (κ2) is 5.29. The molecule has 0 fully saturated rings. The van der Waals surface area contributed by atoms with E-state index in [9.17, 15) is 8.42 Å². The first-order chi connectivity index (χ1) is 9.29. The molecule has 0 spiro atoms. The molecule has 0 amide bonds. The average Bonchev–Trinajstić information content (AvgIpc) is 2.35. The van der Waals surface area contributed by atoms with Crippen LogP contribution in [0.4, 0.5) is 5.69 Å². The first kappa shape index (κ1) is 14.6. The largest absolute Gasteiger partial charge is 0.279 e. The molecule has 0 aromatic heterocycles. The van der Waals surface area contributed by atoms with E-state index in [1.54, 1.807) is 19.1 Å². The molecule has 2 rings (SSSR count). The van der Waals surface area contributed by atoms with Crippen LogP contribution in [0.1, 0.15) is 22.3 Å². The van der Waals surface area contributed by atoms with Gasteiger partial charge in [-0.25, -0.2) is 8.42 Å². The van der Waals surface area contributed by atoms with Gasteiger partial charge in [0.25, 0.3) is 10.0 Å². The number of nitrogens with one attached hydrogen (secondary N) is 1. The van der Waals surface area contributed by atoms with Crippen LogP contribution in [0.5, 0.6) is 0 Å². The van der Waals surface area contributed by atoms with Crippen molar-refractivity contribution < 1.29 is 8.42 Å². The van der Waals surface area contributed by atoms with Gasteiger partial charge in [-0.05, 0) is 56.5 Å². The van der Waals surface area contributed by atoms with Crippen LogP contribution in [0.25, 0.3) is 0 Å². The molecule has 20 heavy (non-hydrogen) atoms. The maximum atomic E-state index is 12.5. The third-order valence-electron chi connectivity index (χ3n) is 3.26. The summed E-state index contributed by atoms with van der Waals surface area (Å²) in [5, 5.41) is 0. The van der Waals surface area contributed by atoms with E-state index in [0.29, 0.717) is 10.6 Å². The van der Waals surface area contributed by atoms with Gasteiger partial charge in [0.05, 0.1) is 10.6 Å². The predicted molar refractivity (Wildman–Crippen MR) is 82.6 cm³/mol. The zero-order valence-electron chi connectivity index (χ0n) is 12.2. The van der Waals surface area contributed by atoms with Crippen molar-refractivity contribution in [3.8, 4) is 0 Å². The third-order valence-corrected chi connectivity index (χ3v) is 4.77. The lowest BCUT2D eigenvalue weighted by molar-refractivity contribution is 0.600. The van der Waals surface area contributed by atoms with Gasteiger partial charge in [-0.2, -0.15) is 0 Å². The van der Waals surface area contributed by atoms with Crippen molar-refractivity contribution >= 4 is 15.7 Å². The fourth-order valence-electron chi connectivity index (χ4n) is 2.12. The van der Waals surface area contributed by atoms with Crippen LogP contribution in [0.3, 0.4) is 0 Å². The van der Waals surface area contributed by atoms with Crippen molar-refractivity contribution in [3.63, 3.8) is 0 Å². The minimum absolute atomic E-state index is 0.331. The van der Waals surface area contributed by atoms with Gasteiger partial charge >= 0.3 is 0 Å². The standard InChI is InChI=1S/C16H19NO2S/c1-11-6-8-15(14(4)9-11)17-20(18,19)16-10-12(2)5-7-13(16)3/h5-10,17H,1-4H3. The first-order valence-electron chi connectivity index (χ1n) is 6.47. The highest BCUT2D eigenvalue weighted by atomic mass is 32.2. The lowest BCUT2D eigenvalue weighted by Crippen LogP contribution is -2.15. The van der Waals surface area contributed by atoms with E-state index in [1.165, 1.54) is 0 Å². The summed E-state index contributed by atoms with van der Waals surface area (Å²) in [5.41, 5.74) is 4.32. The molecular formula is C16H19NO2S. The Morgan fingerprint density at radius 2 is 1.40 bits per heavy atom. The summed E-state index contributed by atoms with van der Waals surface area (Å²) >= 11 is 0. The number of sulfonamides is 1. The van der Waals surface area contributed by atoms with Crippen molar-refractivity contribution in [1.82, 2.24) is 0 Å². The summed E-state index contributed by atoms with van der Waals surface area (Å²) in [4.78, 5) is 0.331. The Kier molecular flexibility index (Phi) is 3.86. The smallest absolute Gasteiger partial charge is 0.262 e. The van der Waals surface area contributed by atoms with Gasteiger partial charge in [0.2, 0.25) is 0 Å². The number of aryl methyl sites for hydroxylation is 4. The molecule has 0 heterocycles. The average molecular weight is 289 g/mol. The normalized spacial score (nSPS) is 11.4. The summed E-state index contributed by atoms with van der Waals surface area (Å²) < 4.78 is 27.7. The number of hydrogen-bond donors (Lipinski definition) is 1. The Morgan fingerprint density at radius 3 is 2.05 bits per heavy atom. The highest BCUT2D eigenvalue weighted by Crippen LogP contribution is 2.23. The Hall–Kier alpha value is -1.81. The summed E-state index contributed by atoms with van der Waals surface area (Å²) in [7, 11) is -3.55. The van der Waals surface area contributed by atoms with E-state index in [-0.39, 0.29) is 0 Å². The Labute approximate surface area is 120 Å². The van der Waals surface area contributed by atoms with Crippen molar-refractivity contribution in [2.75, 3.05) is 4.72 Å². The minimum Gasteiger partial charge on any atom is -0.279 e. The molecule has 0 aliphatic carbocycles. The van der Waals surface area contributed by atoms with Crippen LogP contribution >= 0.6 is 0 Å². The molecule has 0 bridgehead atoms. The van der Waals surface area contributed by atoms with E-state index >= 15 is 0 Å². The molecule has 0 atom stereocenters. The highest BCUT2D eigenvalue weighted by Gasteiger charge is 2.17. The monoisotopic (exact) mass is 289 g/mol. The molecule has 0 unspecified atom stereocenters. The fraction of sp³-hybridized carbons (Fsp3) is 0.250. The number of rotatable bonds is 3. The maximum Gasteiger partial charge on any atom is 0.262 e. The number of benzene rings is 2. The molecule has 4 heteroatoms. The van der Waals surface area contributed by atoms with E-state index in [4.69, 9.17) is 0 Å². The third kappa shape index (κ3) is 3.02. The maximum absolute atomic E-state index is 12.5. The number of hydrogen-bond acceptors (Lipinski definition) is 2. The van der Waals surface area contributed by atoms with Crippen LogP contribution in [-0.2, 0) is 10.0 Å². The SMILES string of the molecule is Cc1ccc(NS(=O)(=O)c2cc(C)ccc2C)c(C)c1. The Bertz CT molecular complexity index is 749. The van der Waals surface area contributed by atoms with Gasteiger partial charge < -0.3 is 0 Å². The second-order valence-electron chi connectivity index (χ2n) is 5.19. The summed E-state index contributed by atoms with van der Waals surface area (Å²) in [5.74, 6) is 0. The fourth-order valence-corrected chi connectivity index (χ4v) is 3.59. The lowest BCUT2D eigenvalue weighted by Gasteiger charge is -2.13. The van der Waals surface area contributed by atoms with E-state index in [2.05, 4.69) is 4.72 Å². The van der Waals surface area contributed by atoms with Crippen molar-refractivity contribution in [1.29, 1.82) is 0 Å². The van der Waals surface area contributed by atoms with Crippen molar-refractivity contribution in [2.24, 2.45) is 0 Å². The van der Waals surface area contributed by atoms with E-state index in [0.717, 1.165) is 22.3 Å². The van der Waals surface area contributed by atoms with Crippen LogP contribution in [0.15, 0.2) is 41.3 Å². The quantitative estimate of drug-likeness (QED) is 0.936. The zero-order chi connectivity index (χ0) is 14.9. The first-order valence-corrected chi connectivity index (χ1v) is 7.95. The highest BCUT2D eigenvalue weighted by molar-refractivity contribution is 7.92. The number of anilines is 1. The molecule has 0 aliphatic heterocycles. The molecule has 1 N–H and O–H groups in total. The molecule has 0 radical (unpaired) electrons. The van der Waals surface area contributed by atoms with Gasteiger partial charge in [-0.1, -0.05) is 29.8 Å². The van der Waals surface area contributed by atoms with Crippen LogP contribution in [0.2, 0.25) is 0 Å². The molecule has 0 aliphatic rings. The minimum atomic E-state index is -3.55. The Morgan fingerprint density at radius 1 is 0.800 bits per heavy atom. The topological polar surface area (TPSA) is 46.2 Å². The molecule has 2 aromatic carbocycles. The molecule has 2 aromatic rings. The molecule has 106 valence electrons. The van der Waals surface area contributed by atoms with Gasteiger partial charge in [0.15, 0.2) is 0 Å². The van der Waals surface area contributed by atoms with Crippen molar-refractivity contribution in [3.05, 3.63) is 58.7 Å². The summed E-state index contributed by atoms with van der Waals surface area (Å²) in [6.07, 6.45) is 0. The van der Waals surface area contributed by atoms with Gasteiger partial charge in [-0.3, -0.25) is 4.72 Å². The van der Waals surface area contributed by atoms with E-state index < -0.39 is 10.0 Å². The van der Waals surface area contributed by atoms with Gasteiger partial charge in [0, 0.05) is 0 Å². The zero-order valence-corrected chi connectivity index (χ0v) is 13.0. The molecule has 3 nitrogen and oxygen atoms in total. The Balaban J connectivity index is 2.43. The van der Waals surface area contributed by atoms with Gasteiger partial charge in [-0.15, -0.1) is 0 Å². The van der Waals surface area contributed by atoms with Crippen LogP contribution in [-0.4, -0.2) is 8.42 Å².